The van der Waals surface area contributed by atoms with Gasteiger partial charge in [0.15, 0.2) is 5.78 Å². The standard InChI is InChI=1S/C19H23N3O4S/c1-13-5-8-17(11-18(13)27(25,26)22(3)4)21-19(24)12-20-16-9-6-15(7-10-16)14(2)23/h5-11,20H,12H2,1-4H3,(H,21,24). The second-order valence-electron chi connectivity index (χ2n) is 6.30. The van der Waals surface area contributed by atoms with Crippen molar-refractivity contribution in [2.75, 3.05) is 31.3 Å². The first-order chi connectivity index (χ1) is 12.6. The van der Waals surface area contributed by atoms with Gasteiger partial charge in [-0.25, -0.2) is 12.7 Å². The average molecular weight is 389 g/mol. The van der Waals surface area contributed by atoms with Crippen molar-refractivity contribution < 1.29 is 18.0 Å². The van der Waals surface area contributed by atoms with Gasteiger partial charge in [0.1, 0.15) is 0 Å². The number of sulfonamides is 1. The lowest BCUT2D eigenvalue weighted by molar-refractivity contribution is -0.114. The molecule has 0 saturated carbocycles. The van der Waals surface area contributed by atoms with Gasteiger partial charge in [0.25, 0.3) is 0 Å². The summed E-state index contributed by atoms with van der Waals surface area (Å²) in [6.07, 6.45) is 0. The van der Waals surface area contributed by atoms with Gasteiger partial charge in [-0.2, -0.15) is 0 Å². The number of nitrogens with zero attached hydrogens (tertiary/aromatic N) is 1. The Labute approximate surface area is 159 Å². The highest BCUT2D eigenvalue weighted by atomic mass is 32.2. The van der Waals surface area contributed by atoms with Gasteiger partial charge < -0.3 is 10.6 Å². The molecule has 0 heterocycles. The Morgan fingerprint density at radius 3 is 2.15 bits per heavy atom. The number of ketones is 1. The Kier molecular flexibility index (Phi) is 6.35. The molecule has 27 heavy (non-hydrogen) atoms. The highest BCUT2D eigenvalue weighted by Crippen LogP contribution is 2.22. The average Bonchev–Trinajstić information content (AvgIpc) is 2.61. The Bertz CT molecular complexity index is 951. The fourth-order valence-corrected chi connectivity index (χ4v) is 3.51. The molecule has 0 aliphatic carbocycles. The van der Waals surface area contributed by atoms with Crippen LogP contribution in [0, 0.1) is 6.92 Å². The molecule has 0 radical (unpaired) electrons. The summed E-state index contributed by atoms with van der Waals surface area (Å²) in [5.74, 6) is -0.343. The van der Waals surface area contributed by atoms with Gasteiger partial charge in [-0.05, 0) is 55.8 Å². The summed E-state index contributed by atoms with van der Waals surface area (Å²) in [5.41, 5.74) is 2.30. The van der Waals surface area contributed by atoms with Crippen molar-refractivity contribution in [3.8, 4) is 0 Å². The van der Waals surface area contributed by atoms with Crippen molar-refractivity contribution in [2.24, 2.45) is 0 Å². The lowest BCUT2D eigenvalue weighted by Crippen LogP contribution is -2.24. The SMILES string of the molecule is CC(=O)c1ccc(NCC(=O)Nc2ccc(C)c(S(=O)(=O)N(C)C)c2)cc1. The monoisotopic (exact) mass is 389 g/mol. The minimum absolute atomic E-state index is 0.00303. The number of carbonyl (C=O) groups is 2. The van der Waals surface area contributed by atoms with Crippen LogP contribution >= 0.6 is 0 Å². The lowest BCUT2D eigenvalue weighted by Gasteiger charge is -2.15. The van der Waals surface area contributed by atoms with Crippen molar-refractivity contribution >= 4 is 33.1 Å². The number of hydrogen-bond acceptors (Lipinski definition) is 5. The molecule has 0 spiro atoms. The largest absolute Gasteiger partial charge is 0.376 e. The molecule has 0 saturated heterocycles. The van der Waals surface area contributed by atoms with Crippen molar-refractivity contribution in [1.82, 2.24) is 4.31 Å². The molecule has 8 heteroatoms. The number of benzene rings is 2. The van der Waals surface area contributed by atoms with Crippen LogP contribution in [-0.4, -0.2) is 45.1 Å². The molecule has 0 bridgehead atoms. The molecular weight excluding hydrogens is 366 g/mol. The van der Waals surface area contributed by atoms with Crippen molar-refractivity contribution in [2.45, 2.75) is 18.7 Å². The van der Waals surface area contributed by atoms with Gasteiger partial charge in [0.05, 0.1) is 11.4 Å². The molecule has 0 unspecified atom stereocenters. The van der Waals surface area contributed by atoms with E-state index in [-0.39, 0.29) is 23.1 Å². The summed E-state index contributed by atoms with van der Waals surface area (Å²) in [6.45, 7) is 3.19. The fraction of sp³-hybridized carbons (Fsp3) is 0.263. The van der Waals surface area contributed by atoms with Crippen LogP contribution in [0.5, 0.6) is 0 Å². The molecule has 2 N–H and O–H groups in total. The Morgan fingerprint density at radius 2 is 1.59 bits per heavy atom. The molecule has 144 valence electrons. The Hall–Kier alpha value is -2.71. The number of anilines is 2. The Morgan fingerprint density at radius 1 is 1.00 bits per heavy atom. The molecule has 2 aromatic rings. The summed E-state index contributed by atoms with van der Waals surface area (Å²) in [6, 6.07) is 11.6. The van der Waals surface area contributed by atoms with Crippen LogP contribution in [0.25, 0.3) is 0 Å². The molecular formula is C19H23N3O4S. The van der Waals surface area contributed by atoms with Crippen molar-refractivity contribution in [1.29, 1.82) is 0 Å². The minimum atomic E-state index is -3.59. The van der Waals surface area contributed by atoms with Crippen LogP contribution in [0.15, 0.2) is 47.4 Å². The molecule has 2 aromatic carbocycles. The third-order valence-electron chi connectivity index (χ3n) is 3.98. The molecule has 0 aliphatic rings. The van der Waals surface area contributed by atoms with Crippen molar-refractivity contribution in [3.63, 3.8) is 0 Å². The second kappa shape index (κ2) is 8.32. The van der Waals surface area contributed by atoms with E-state index in [0.717, 1.165) is 4.31 Å². The first kappa shape index (κ1) is 20.6. The second-order valence-corrected chi connectivity index (χ2v) is 8.42. The number of amides is 1. The third-order valence-corrected chi connectivity index (χ3v) is 5.93. The summed E-state index contributed by atoms with van der Waals surface area (Å²) >= 11 is 0. The molecule has 2 rings (SSSR count). The summed E-state index contributed by atoms with van der Waals surface area (Å²) < 4.78 is 25.8. The van der Waals surface area contributed by atoms with Crippen LogP contribution in [0.1, 0.15) is 22.8 Å². The first-order valence-corrected chi connectivity index (χ1v) is 9.73. The maximum absolute atomic E-state index is 12.4. The molecule has 0 aromatic heterocycles. The zero-order chi connectivity index (χ0) is 20.2. The number of nitrogens with one attached hydrogen (secondary N) is 2. The minimum Gasteiger partial charge on any atom is -0.376 e. The van der Waals surface area contributed by atoms with E-state index < -0.39 is 10.0 Å². The number of rotatable bonds is 7. The number of carbonyl (C=O) groups excluding carboxylic acids is 2. The zero-order valence-corrected chi connectivity index (χ0v) is 16.6. The van der Waals surface area contributed by atoms with Crippen LogP contribution in [-0.2, 0) is 14.8 Å². The normalized spacial score (nSPS) is 11.3. The number of aryl methyl sites for hydroxylation is 1. The molecule has 0 atom stereocenters. The first-order valence-electron chi connectivity index (χ1n) is 8.29. The van der Waals surface area contributed by atoms with Gasteiger partial charge in [-0.1, -0.05) is 6.07 Å². The quantitative estimate of drug-likeness (QED) is 0.710. The number of Topliss-reactive ketones (excluding diaryl/α,β-unsaturated/α-hetero) is 1. The van der Waals surface area contributed by atoms with E-state index in [4.69, 9.17) is 0 Å². The van der Waals surface area contributed by atoms with Gasteiger partial charge in [0.2, 0.25) is 15.9 Å². The topological polar surface area (TPSA) is 95.6 Å². The van der Waals surface area contributed by atoms with Gasteiger partial charge in [-0.15, -0.1) is 0 Å². The molecule has 7 nitrogen and oxygen atoms in total. The molecule has 0 aliphatic heterocycles. The third kappa shape index (κ3) is 5.15. The van der Waals surface area contributed by atoms with E-state index in [1.807, 2.05) is 0 Å². The summed E-state index contributed by atoms with van der Waals surface area (Å²) in [5, 5.41) is 5.64. The van der Waals surface area contributed by atoms with E-state index in [2.05, 4.69) is 10.6 Å². The Balaban J connectivity index is 2.04. The smallest absolute Gasteiger partial charge is 0.243 e. The van der Waals surface area contributed by atoms with E-state index >= 15 is 0 Å². The fourth-order valence-electron chi connectivity index (χ4n) is 2.36. The number of hydrogen-bond donors (Lipinski definition) is 2. The summed E-state index contributed by atoms with van der Waals surface area (Å²) in [4.78, 5) is 23.6. The van der Waals surface area contributed by atoms with Crippen LogP contribution in [0.4, 0.5) is 11.4 Å². The predicted molar refractivity (Wildman–Crippen MR) is 106 cm³/mol. The van der Waals surface area contributed by atoms with E-state index in [1.54, 1.807) is 43.3 Å². The molecule has 1 amide bonds. The van der Waals surface area contributed by atoms with Gasteiger partial charge in [0, 0.05) is 31.0 Å². The van der Waals surface area contributed by atoms with E-state index in [0.29, 0.717) is 22.5 Å². The van der Waals surface area contributed by atoms with Crippen LogP contribution in [0.2, 0.25) is 0 Å². The predicted octanol–water partition coefficient (Wildman–Crippen LogP) is 2.50. The van der Waals surface area contributed by atoms with Crippen LogP contribution in [0.3, 0.4) is 0 Å². The zero-order valence-electron chi connectivity index (χ0n) is 15.7. The molecule has 0 fully saturated rings. The van der Waals surface area contributed by atoms with E-state index in [9.17, 15) is 18.0 Å². The van der Waals surface area contributed by atoms with Gasteiger partial charge >= 0.3 is 0 Å². The lowest BCUT2D eigenvalue weighted by atomic mass is 10.1. The van der Waals surface area contributed by atoms with E-state index in [1.165, 1.54) is 27.1 Å². The highest BCUT2D eigenvalue weighted by molar-refractivity contribution is 7.89. The maximum atomic E-state index is 12.4. The van der Waals surface area contributed by atoms with Crippen molar-refractivity contribution in [3.05, 3.63) is 53.6 Å². The highest BCUT2D eigenvalue weighted by Gasteiger charge is 2.20. The van der Waals surface area contributed by atoms with Gasteiger partial charge in [-0.3, -0.25) is 9.59 Å². The summed E-state index contributed by atoms with van der Waals surface area (Å²) in [7, 11) is -0.674. The maximum Gasteiger partial charge on any atom is 0.243 e. The van der Waals surface area contributed by atoms with Crippen LogP contribution < -0.4 is 10.6 Å².